The first-order valence-electron chi connectivity index (χ1n) is 10.9. The van der Waals surface area contributed by atoms with Gasteiger partial charge in [0.05, 0.1) is 35.4 Å². The third-order valence-electron chi connectivity index (χ3n) is 5.66. The summed E-state index contributed by atoms with van der Waals surface area (Å²) < 4.78 is 42.2. The van der Waals surface area contributed by atoms with E-state index in [-0.39, 0.29) is 15.5 Å². The minimum absolute atomic E-state index is 0.0476. The molecule has 194 valence electrons. The molecule has 0 saturated heterocycles. The number of benzene rings is 3. The molecule has 4 aromatic rings. The van der Waals surface area contributed by atoms with Crippen LogP contribution in [0.4, 0.5) is 5.69 Å². The Hall–Kier alpha value is -3.64. The number of amides is 1. The average Bonchev–Trinajstić information content (AvgIpc) is 3.24. The number of furan rings is 1. The number of sulfonamides is 1. The van der Waals surface area contributed by atoms with Gasteiger partial charge in [-0.05, 0) is 37.3 Å². The molecule has 0 spiro atoms. The van der Waals surface area contributed by atoms with Crippen LogP contribution in [0, 0.1) is 0 Å². The Morgan fingerprint density at radius 1 is 1.03 bits per heavy atom. The minimum Gasteiger partial charge on any atom is -0.495 e. The maximum Gasteiger partial charge on any atom is 0.340 e. The first kappa shape index (κ1) is 26.4. The van der Waals surface area contributed by atoms with Crippen molar-refractivity contribution in [3.63, 3.8) is 0 Å². The van der Waals surface area contributed by atoms with Crippen molar-refractivity contribution >= 4 is 61.1 Å². The fraction of sp³-hybridized carbons (Fsp3) is 0.200. The molecule has 0 aliphatic heterocycles. The number of rotatable bonds is 8. The van der Waals surface area contributed by atoms with Crippen molar-refractivity contribution in [2.24, 2.45) is 0 Å². The summed E-state index contributed by atoms with van der Waals surface area (Å²) in [5.74, 6) is -1.25. The van der Waals surface area contributed by atoms with Gasteiger partial charge in [0, 0.05) is 23.9 Å². The maximum atomic E-state index is 12.9. The number of nitrogens with one attached hydrogen (secondary N) is 1. The van der Waals surface area contributed by atoms with Gasteiger partial charge in [-0.1, -0.05) is 34.3 Å². The van der Waals surface area contributed by atoms with Crippen LogP contribution < -0.4 is 10.1 Å². The van der Waals surface area contributed by atoms with E-state index in [1.165, 1.54) is 40.3 Å². The Bertz CT molecular complexity index is 1620. The van der Waals surface area contributed by atoms with Crippen LogP contribution >= 0.6 is 11.6 Å². The topological polar surface area (TPSA) is 124 Å². The molecule has 3 aromatic carbocycles. The molecule has 0 fully saturated rings. The number of ether oxygens (including phenoxy) is 2. The molecule has 0 radical (unpaired) electrons. The molecule has 0 bridgehead atoms. The number of para-hydroxylation sites is 1. The summed E-state index contributed by atoms with van der Waals surface area (Å²) in [6, 6.07) is 14.4. The molecule has 0 saturated carbocycles. The number of hydroxylamine groups is 1. The molecule has 4 rings (SSSR count). The van der Waals surface area contributed by atoms with E-state index in [9.17, 15) is 18.0 Å². The van der Waals surface area contributed by atoms with Gasteiger partial charge in [0.2, 0.25) is 0 Å². The zero-order valence-electron chi connectivity index (χ0n) is 20.3. The Balaban J connectivity index is 1.55. The van der Waals surface area contributed by atoms with Gasteiger partial charge < -0.3 is 19.2 Å². The summed E-state index contributed by atoms with van der Waals surface area (Å²) in [7, 11) is -0.191. The van der Waals surface area contributed by atoms with Crippen LogP contribution in [0.25, 0.3) is 21.9 Å². The Morgan fingerprint density at radius 3 is 2.46 bits per heavy atom. The monoisotopic (exact) mass is 546 g/mol. The van der Waals surface area contributed by atoms with Gasteiger partial charge in [0.1, 0.15) is 16.9 Å². The quantitative estimate of drug-likeness (QED) is 0.251. The number of nitrogens with zero attached hydrogens (tertiary/aromatic N) is 1. The summed E-state index contributed by atoms with van der Waals surface area (Å²) in [5.41, 5.74) is 1.31. The largest absolute Gasteiger partial charge is 0.495 e. The first-order chi connectivity index (χ1) is 17.6. The number of carbonyl (C=O) groups excluding carboxylic acids is 2. The van der Waals surface area contributed by atoms with E-state index in [1.54, 1.807) is 12.1 Å². The lowest BCUT2D eigenvalue weighted by Gasteiger charge is -2.17. The number of methoxy groups -OCH3 is 1. The van der Waals surface area contributed by atoms with Crippen molar-refractivity contribution in [1.82, 2.24) is 4.47 Å². The highest BCUT2D eigenvalue weighted by molar-refractivity contribution is 7.89. The van der Waals surface area contributed by atoms with Crippen molar-refractivity contribution in [3.05, 3.63) is 65.2 Å². The number of esters is 1. The molecule has 10 nitrogen and oxygen atoms in total. The molecule has 37 heavy (non-hydrogen) atoms. The fourth-order valence-corrected chi connectivity index (χ4v) is 4.79. The smallest absolute Gasteiger partial charge is 0.340 e. The maximum absolute atomic E-state index is 12.9. The van der Waals surface area contributed by atoms with Crippen LogP contribution in [0.15, 0.2) is 63.9 Å². The molecule has 1 aromatic heterocycles. The molecular formula is C25H23ClN2O8S. The van der Waals surface area contributed by atoms with Crippen LogP contribution in [0.2, 0.25) is 5.02 Å². The van der Waals surface area contributed by atoms with Crippen molar-refractivity contribution < 1.29 is 36.7 Å². The highest BCUT2D eigenvalue weighted by Crippen LogP contribution is 2.36. The van der Waals surface area contributed by atoms with Crippen molar-refractivity contribution in [2.75, 3.05) is 26.6 Å². The molecule has 1 atom stereocenters. The van der Waals surface area contributed by atoms with E-state index in [1.807, 2.05) is 24.3 Å². The summed E-state index contributed by atoms with van der Waals surface area (Å²) in [6.07, 6.45) is -1.26. The lowest BCUT2D eigenvalue weighted by Crippen LogP contribution is -2.30. The van der Waals surface area contributed by atoms with E-state index in [0.29, 0.717) is 27.1 Å². The molecule has 1 amide bonds. The number of carbonyl (C=O) groups is 2. The predicted molar refractivity (Wildman–Crippen MR) is 137 cm³/mol. The molecule has 0 aliphatic carbocycles. The third kappa shape index (κ3) is 5.12. The first-order valence-corrected chi connectivity index (χ1v) is 12.7. The minimum atomic E-state index is -4.04. The average molecular weight is 547 g/mol. The SMILES string of the molecule is COc1cc2c(cc1NC(=O)[C@H](C)OC(=O)c1cc(S(=O)(=O)N(C)OC)ccc1Cl)oc1ccccc12. The van der Waals surface area contributed by atoms with Crippen LogP contribution in [0.3, 0.4) is 0 Å². The normalized spacial score (nSPS) is 12.6. The standard InChI is InChI=1S/C25H23ClN2O8S/c1-14(35-25(30)18-11-15(9-10-19(18)26)37(31,32)28(2)34-4)24(29)27-20-13-22-17(12-23(20)33-3)16-7-5-6-8-21(16)36-22/h5-14H,1-4H3,(H,27,29)/t14-/m0/s1. The lowest BCUT2D eigenvalue weighted by molar-refractivity contribution is -0.123. The molecule has 12 heteroatoms. The molecule has 0 aliphatic rings. The van der Waals surface area contributed by atoms with Crippen LogP contribution in [0.1, 0.15) is 17.3 Å². The molecular weight excluding hydrogens is 524 g/mol. The Labute approximate surface area is 217 Å². The Kier molecular flexibility index (Phi) is 7.42. The van der Waals surface area contributed by atoms with Crippen molar-refractivity contribution in [3.8, 4) is 5.75 Å². The number of fused-ring (bicyclic) bond motifs is 3. The molecule has 0 unspecified atom stereocenters. The van der Waals surface area contributed by atoms with E-state index >= 15 is 0 Å². The summed E-state index contributed by atoms with van der Waals surface area (Å²) in [4.78, 5) is 30.2. The number of anilines is 1. The summed E-state index contributed by atoms with van der Waals surface area (Å²) >= 11 is 6.11. The number of hydrogen-bond acceptors (Lipinski definition) is 8. The van der Waals surface area contributed by atoms with Crippen molar-refractivity contribution in [1.29, 1.82) is 0 Å². The van der Waals surface area contributed by atoms with E-state index in [4.69, 9.17) is 30.3 Å². The summed E-state index contributed by atoms with van der Waals surface area (Å²) in [6.45, 7) is 1.37. The third-order valence-corrected chi connectivity index (χ3v) is 7.67. The molecule has 1 N–H and O–H groups in total. The summed E-state index contributed by atoms with van der Waals surface area (Å²) in [5, 5.41) is 4.34. The zero-order chi connectivity index (χ0) is 26.9. The van der Waals surface area contributed by atoms with Gasteiger partial charge in [-0.3, -0.25) is 9.63 Å². The van der Waals surface area contributed by atoms with E-state index in [0.717, 1.165) is 16.8 Å². The van der Waals surface area contributed by atoms with Gasteiger partial charge in [-0.25, -0.2) is 13.2 Å². The van der Waals surface area contributed by atoms with Gasteiger partial charge in [0.25, 0.3) is 15.9 Å². The van der Waals surface area contributed by atoms with Crippen LogP contribution in [0.5, 0.6) is 5.75 Å². The lowest BCUT2D eigenvalue weighted by atomic mass is 10.1. The predicted octanol–water partition coefficient (Wildman–Crippen LogP) is 4.61. The zero-order valence-corrected chi connectivity index (χ0v) is 21.8. The van der Waals surface area contributed by atoms with Crippen LogP contribution in [-0.2, 0) is 24.4 Å². The second kappa shape index (κ2) is 10.4. The van der Waals surface area contributed by atoms with Gasteiger partial charge in [0.15, 0.2) is 6.10 Å². The van der Waals surface area contributed by atoms with Crippen molar-refractivity contribution in [2.45, 2.75) is 17.9 Å². The highest BCUT2D eigenvalue weighted by Gasteiger charge is 2.26. The van der Waals surface area contributed by atoms with Crippen LogP contribution in [-0.4, -0.2) is 52.1 Å². The van der Waals surface area contributed by atoms with Gasteiger partial charge in [-0.2, -0.15) is 0 Å². The second-order valence-electron chi connectivity index (χ2n) is 7.92. The van der Waals surface area contributed by atoms with Gasteiger partial charge >= 0.3 is 5.97 Å². The Morgan fingerprint density at radius 2 is 1.76 bits per heavy atom. The molecule has 1 heterocycles. The fourth-order valence-electron chi connectivity index (χ4n) is 3.60. The van der Waals surface area contributed by atoms with E-state index in [2.05, 4.69) is 5.32 Å². The highest BCUT2D eigenvalue weighted by atomic mass is 35.5. The number of halogens is 1. The second-order valence-corrected chi connectivity index (χ2v) is 10.3. The van der Waals surface area contributed by atoms with E-state index < -0.39 is 28.0 Å². The van der Waals surface area contributed by atoms with Gasteiger partial charge in [-0.15, -0.1) is 0 Å². The number of hydrogen-bond donors (Lipinski definition) is 1.